The highest BCUT2D eigenvalue weighted by atomic mass is 16.5. The number of fused-ring (bicyclic) bond motifs is 1. The van der Waals surface area contributed by atoms with Gasteiger partial charge in [-0.25, -0.2) is 9.78 Å². The number of hydrogen-bond donors (Lipinski definition) is 1. The van der Waals surface area contributed by atoms with Gasteiger partial charge in [0.1, 0.15) is 0 Å². The highest BCUT2D eigenvalue weighted by molar-refractivity contribution is 6.05. The van der Waals surface area contributed by atoms with Crippen molar-refractivity contribution in [1.82, 2.24) is 10.1 Å². The highest BCUT2D eigenvalue weighted by Crippen LogP contribution is 2.28. The zero-order valence-corrected chi connectivity index (χ0v) is 19.1. The van der Waals surface area contributed by atoms with Crippen molar-refractivity contribution in [3.8, 4) is 11.3 Å². The standard InChI is InChI=1S/C26H25N3O4/c1-5-18-8-6-7-16(3)24(18)28-22(30)14-32-26(31)20-13-21(19-11-9-15(2)10-12-19)27-25-23(20)17(4)29-33-25/h6-13H,5,14H2,1-4H3,(H,28,30). The fraction of sp³-hybridized carbons (Fsp3) is 0.231. The molecule has 0 radical (unpaired) electrons. The fourth-order valence-corrected chi connectivity index (χ4v) is 3.71. The Hall–Kier alpha value is -4.00. The molecule has 0 fully saturated rings. The lowest BCUT2D eigenvalue weighted by atomic mass is 10.0. The van der Waals surface area contributed by atoms with E-state index in [2.05, 4.69) is 15.5 Å². The maximum Gasteiger partial charge on any atom is 0.339 e. The third kappa shape index (κ3) is 4.62. The van der Waals surface area contributed by atoms with Crippen LogP contribution in [0.3, 0.4) is 0 Å². The van der Waals surface area contributed by atoms with Crippen LogP contribution < -0.4 is 5.32 Å². The zero-order valence-electron chi connectivity index (χ0n) is 19.1. The zero-order chi connectivity index (χ0) is 23.5. The van der Waals surface area contributed by atoms with E-state index in [1.54, 1.807) is 13.0 Å². The molecule has 0 spiro atoms. The Kier molecular flexibility index (Phi) is 6.22. The minimum Gasteiger partial charge on any atom is -0.452 e. The van der Waals surface area contributed by atoms with Crippen molar-refractivity contribution in [3.05, 3.63) is 76.5 Å². The third-order valence-electron chi connectivity index (χ3n) is 5.52. The number of benzene rings is 2. The van der Waals surface area contributed by atoms with Gasteiger partial charge in [0.15, 0.2) is 6.61 Å². The number of aryl methyl sites for hydroxylation is 4. The summed E-state index contributed by atoms with van der Waals surface area (Å²) < 4.78 is 10.7. The summed E-state index contributed by atoms with van der Waals surface area (Å²) in [6.45, 7) is 7.26. The van der Waals surface area contributed by atoms with Crippen LogP contribution in [0.1, 0.15) is 39.7 Å². The predicted octanol–water partition coefficient (Wildman–Crippen LogP) is 5.17. The van der Waals surface area contributed by atoms with E-state index in [4.69, 9.17) is 9.26 Å². The summed E-state index contributed by atoms with van der Waals surface area (Å²) >= 11 is 0. The second-order valence-corrected chi connectivity index (χ2v) is 7.96. The number of pyridine rings is 1. The number of ether oxygens (including phenoxy) is 1. The number of carbonyl (C=O) groups excluding carboxylic acids is 2. The summed E-state index contributed by atoms with van der Waals surface area (Å²) in [6, 6.07) is 15.3. The van der Waals surface area contributed by atoms with Gasteiger partial charge in [-0.3, -0.25) is 4.79 Å². The first kappa shape index (κ1) is 22.2. The molecule has 2 heterocycles. The van der Waals surface area contributed by atoms with E-state index in [0.717, 1.165) is 34.4 Å². The summed E-state index contributed by atoms with van der Waals surface area (Å²) in [4.78, 5) is 30.0. The SMILES string of the molecule is CCc1cccc(C)c1NC(=O)COC(=O)c1cc(-c2ccc(C)cc2)nc2onc(C)c12. The number of nitrogens with zero attached hydrogens (tertiary/aromatic N) is 2. The molecular weight excluding hydrogens is 418 g/mol. The van der Waals surface area contributed by atoms with Crippen molar-refractivity contribution in [2.45, 2.75) is 34.1 Å². The van der Waals surface area contributed by atoms with Crippen LogP contribution >= 0.6 is 0 Å². The van der Waals surface area contributed by atoms with E-state index >= 15 is 0 Å². The Balaban J connectivity index is 1.57. The first-order valence-corrected chi connectivity index (χ1v) is 10.8. The lowest BCUT2D eigenvalue weighted by molar-refractivity contribution is -0.119. The molecule has 1 N–H and O–H groups in total. The number of amides is 1. The number of rotatable bonds is 6. The van der Waals surface area contributed by atoms with Gasteiger partial charge in [0.2, 0.25) is 0 Å². The van der Waals surface area contributed by atoms with E-state index in [1.807, 2.05) is 63.2 Å². The molecule has 4 rings (SSSR count). The van der Waals surface area contributed by atoms with Gasteiger partial charge < -0.3 is 14.6 Å². The highest BCUT2D eigenvalue weighted by Gasteiger charge is 2.21. The molecule has 168 valence electrons. The number of carbonyl (C=O) groups is 2. The Labute approximate surface area is 191 Å². The Morgan fingerprint density at radius 3 is 2.55 bits per heavy atom. The van der Waals surface area contributed by atoms with Gasteiger partial charge in [-0.15, -0.1) is 0 Å². The predicted molar refractivity (Wildman–Crippen MR) is 126 cm³/mol. The van der Waals surface area contributed by atoms with Crippen LogP contribution in [0.2, 0.25) is 0 Å². The number of nitrogens with one attached hydrogen (secondary N) is 1. The normalized spacial score (nSPS) is 10.9. The quantitative estimate of drug-likeness (QED) is 0.413. The van der Waals surface area contributed by atoms with E-state index in [9.17, 15) is 9.59 Å². The van der Waals surface area contributed by atoms with E-state index in [0.29, 0.717) is 16.8 Å². The third-order valence-corrected chi connectivity index (χ3v) is 5.52. The number of anilines is 1. The number of hydrogen-bond acceptors (Lipinski definition) is 6. The topological polar surface area (TPSA) is 94.3 Å². The molecule has 0 aliphatic rings. The van der Waals surface area contributed by atoms with Crippen molar-refractivity contribution in [3.63, 3.8) is 0 Å². The van der Waals surface area contributed by atoms with Crippen molar-refractivity contribution in [2.24, 2.45) is 0 Å². The first-order chi connectivity index (χ1) is 15.9. The molecular formula is C26H25N3O4. The average molecular weight is 444 g/mol. The Morgan fingerprint density at radius 2 is 1.82 bits per heavy atom. The fourth-order valence-electron chi connectivity index (χ4n) is 3.71. The lowest BCUT2D eigenvalue weighted by Gasteiger charge is -2.13. The number of esters is 1. The van der Waals surface area contributed by atoms with Gasteiger partial charge in [0.25, 0.3) is 11.6 Å². The van der Waals surface area contributed by atoms with E-state index < -0.39 is 18.5 Å². The minimum atomic E-state index is -0.641. The molecule has 2 aromatic carbocycles. The Morgan fingerprint density at radius 1 is 1.06 bits per heavy atom. The Bertz CT molecular complexity index is 1340. The van der Waals surface area contributed by atoms with Crippen LogP contribution in [0, 0.1) is 20.8 Å². The van der Waals surface area contributed by atoms with Crippen molar-refractivity contribution < 1.29 is 18.8 Å². The molecule has 7 heteroatoms. The summed E-state index contributed by atoms with van der Waals surface area (Å²) in [5.41, 5.74) is 6.25. The van der Waals surface area contributed by atoms with Crippen molar-refractivity contribution >= 4 is 28.7 Å². The molecule has 7 nitrogen and oxygen atoms in total. The molecule has 0 unspecified atom stereocenters. The van der Waals surface area contributed by atoms with Gasteiger partial charge in [0, 0.05) is 11.3 Å². The van der Waals surface area contributed by atoms with Gasteiger partial charge in [-0.1, -0.05) is 60.1 Å². The van der Waals surface area contributed by atoms with Crippen LogP contribution in [-0.4, -0.2) is 28.6 Å². The minimum absolute atomic E-state index is 0.245. The van der Waals surface area contributed by atoms with Crippen LogP contribution in [-0.2, 0) is 16.0 Å². The molecule has 0 aliphatic heterocycles. The monoisotopic (exact) mass is 443 g/mol. The van der Waals surface area contributed by atoms with Crippen molar-refractivity contribution in [1.29, 1.82) is 0 Å². The first-order valence-electron chi connectivity index (χ1n) is 10.8. The molecule has 0 saturated heterocycles. The van der Waals surface area contributed by atoms with Gasteiger partial charge in [-0.05, 0) is 44.4 Å². The summed E-state index contributed by atoms with van der Waals surface area (Å²) in [5, 5.41) is 7.28. The molecule has 0 saturated carbocycles. The smallest absolute Gasteiger partial charge is 0.339 e. The number of aromatic nitrogens is 2. The maximum absolute atomic E-state index is 13.0. The second-order valence-electron chi connectivity index (χ2n) is 7.96. The molecule has 2 aromatic heterocycles. The summed E-state index contributed by atoms with van der Waals surface area (Å²) in [5.74, 6) is -1.05. The molecule has 1 amide bonds. The average Bonchev–Trinajstić information content (AvgIpc) is 3.19. The van der Waals surface area contributed by atoms with Gasteiger partial charge >= 0.3 is 5.97 Å². The van der Waals surface area contributed by atoms with E-state index in [1.165, 1.54) is 0 Å². The molecule has 0 aliphatic carbocycles. The van der Waals surface area contributed by atoms with Gasteiger partial charge in [0.05, 0.1) is 22.3 Å². The maximum atomic E-state index is 13.0. The van der Waals surface area contributed by atoms with Crippen LogP contribution in [0.5, 0.6) is 0 Å². The van der Waals surface area contributed by atoms with Crippen LogP contribution in [0.15, 0.2) is 53.1 Å². The van der Waals surface area contributed by atoms with Crippen LogP contribution in [0.25, 0.3) is 22.4 Å². The van der Waals surface area contributed by atoms with Crippen LogP contribution in [0.4, 0.5) is 5.69 Å². The molecule has 4 aromatic rings. The van der Waals surface area contributed by atoms with Crippen molar-refractivity contribution in [2.75, 3.05) is 11.9 Å². The lowest BCUT2D eigenvalue weighted by Crippen LogP contribution is -2.22. The second kappa shape index (κ2) is 9.24. The van der Waals surface area contributed by atoms with E-state index in [-0.39, 0.29) is 11.3 Å². The summed E-state index contributed by atoms with van der Waals surface area (Å²) in [7, 11) is 0. The number of para-hydroxylation sites is 1. The molecule has 0 atom stereocenters. The summed E-state index contributed by atoms with van der Waals surface area (Å²) in [6.07, 6.45) is 0.778. The largest absolute Gasteiger partial charge is 0.452 e. The molecule has 33 heavy (non-hydrogen) atoms. The molecule has 0 bridgehead atoms. The van der Waals surface area contributed by atoms with Gasteiger partial charge in [-0.2, -0.15) is 0 Å².